The number of benzene rings is 1. The molecule has 1 aromatic carbocycles. The van der Waals surface area contributed by atoms with E-state index < -0.39 is 0 Å². The first kappa shape index (κ1) is 24.9. The Morgan fingerprint density at radius 2 is 1.81 bits per heavy atom. The monoisotopic (exact) mass is 374 g/mol. The molecule has 0 bridgehead atoms. The summed E-state index contributed by atoms with van der Waals surface area (Å²) in [5.41, 5.74) is 7.44. The van der Waals surface area contributed by atoms with Crippen molar-refractivity contribution in [3.63, 3.8) is 0 Å². The van der Waals surface area contributed by atoms with Crippen molar-refractivity contribution < 1.29 is 9.90 Å². The Bertz CT molecular complexity index is 597. The molecule has 0 atom stereocenters. The maximum atomic E-state index is 12.8. The minimum atomic E-state index is 0.0243. The SMILES string of the molecule is CC.CCCC(C)(C)CN(CCN)C(=O)c1ccc(/C=C/C=C(/C)O)cc1. The van der Waals surface area contributed by atoms with Crippen molar-refractivity contribution in [1.82, 2.24) is 4.90 Å². The maximum Gasteiger partial charge on any atom is 0.253 e. The lowest BCUT2D eigenvalue weighted by atomic mass is 9.87. The van der Waals surface area contributed by atoms with E-state index in [2.05, 4.69) is 20.8 Å². The molecule has 0 aromatic heterocycles. The number of hydrogen-bond donors (Lipinski definition) is 2. The number of allylic oxidation sites excluding steroid dienone is 3. The highest BCUT2D eigenvalue weighted by molar-refractivity contribution is 5.94. The Labute approximate surface area is 165 Å². The predicted octanol–water partition coefficient (Wildman–Crippen LogP) is 5.42. The number of carbonyl (C=O) groups excluding carboxylic acids is 1. The molecule has 1 aromatic rings. The highest BCUT2D eigenvalue weighted by atomic mass is 16.3. The number of carbonyl (C=O) groups is 1. The van der Waals surface area contributed by atoms with Gasteiger partial charge in [-0.15, -0.1) is 0 Å². The summed E-state index contributed by atoms with van der Waals surface area (Å²) in [5.74, 6) is 0.284. The third-order valence-electron chi connectivity index (χ3n) is 4.02. The molecule has 0 aliphatic rings. The Morgan fingerprint density at radius 1 is 1.22 bits per heavy atom. The molecular formula is C23H38N2O2. The topological polar surface area (TPSA) is 66.6 Å². The second-order valence-corrected chi connectivity index (χ2v) is 7.22. The van der Waals surface area contributed by atoms with Crippen LogP contribution >= 0.6 is 0 Å². The number of rotatable bonds is 9. The van der Waals surface area contributed by atoms with Crippen molar-refractivity contribution in [1.29, 1.82) is 0 Å². The molecule has 1 amide bonds. The minimum absolute atomic E-state index is 0.0243. The lowest BCUT2D eigenvalue weighted by Gasteiger charge is -2.32. The van der Waals surface area contributed by atoms with E-state index in [1.807, 2.05) is 49.1 Å². The van der Waals surface area contributed by atoms with Crippen LogP contribution in [0, 0.1) is 5.41 Å². The van der Waals surface area contributed by atoms with Gasteiger partial charge in [0.25, 0.3) is 5.91 Å². The molecule has 4 nitrogen and oxygen atoms in total. The summed E-state index contributed by atoms with van der Waals surface area (Å²) in [5, 5.41) is 9.14. The fourth-order valence-electron chi connectivity index (χ4n) is 2.90. The molecule has 0 heterocycles. The van der Waals surface area contributed by atoms with Gasteiger partial charge >= 0.3 is 0 Å². The quantitative estimate of drug-likeness (QED) is 0.448. The average Bonchev–Trinajstić information content (AvgIpc) is 2.62. The number of hydrogen-bond acceptors (Lipinski definition) is 3. The van der Waals surface area contributed by atoms with Crippen LogP contribution in [0.3, 0.4) is 0 Å². The van der Waals surface area contributed by atoms with Gasteiger partial charge in [0, 0.05) is 25.2 Å². The number of aliphatic hydroxyl groups is 1. The van der Waals surface area contributed by atoms with E-state index in [9.17, 15) is 4.79 Å². The molecule has 0 aliphatic heterocycles. The van der Waals surface area contributed by atoms with Crippen molar-refractivity contribution in [2.75, 3.05) is 19.6 Å². The molecule has 0 saturated heterocycles. The Hall–Kier alpha value is -2.07. The van der Waals surface area contributed by atoms with Crippen LogP contribution in [-0.2, 0) is 0 Å². The van der Waals surface area contributed by atoms with Crippen molar-refractivity contribution in [3.05, 3.63) is 53.3 Å². The van der Waals surface area contributed by atoms with Gasteiger partial charge in [-0.05, 0) is 42.5 Å². The smallest absolute Gasteiger partial charge is 0.253 e. The summed E-state index contributed by atoms with van der Waals surface area (Å²) in [4.78, 5) is 14.7. The molecule has 0 spiro atoms. The number of aliphatic hydroxyl groups excluding tert-OH is 1. The zero-order valence-corrected chi connectivity index (χ0v) is 18.0. The van der Waals surface area contributed by atoms with Crippen molar-refractivity contribution >= 4 is 12.0 Å². The van der Waals surface area contributed by atoms with E-state index in [4.69, 9.17) is 10.8 Å². The summed E-state index contributed by atoms with van der Waals surface area (Å²) in [6.45, 7) is 13.9. The molecule has 0 radical (unpaired) electrons. The molecule has 1 rings (SSSR count). The van der Waals surface area contributed by atoms with Crippen LogP contribution in [0.2, 0.25) is 0 Å². The number of amides is 1. The third-order valence-corrected chi connectivity index (χ3v) is 4.02. The largest absolute Gasteiger partial charge is 0.513 e. The molecular weight excluding hydrogens is 336 g/mol. The van der Waals surface area contributed by atoms with Crippen LogP contribution in [0.25, 0.3) is 6.08 Å². The fourth-order valence-corrected chi connectivity index (χ4v) is 2.90. The second kappa shape index (κ2) is 13.2. The molecule has 4 heteroatoms. The highest BCUT2D eigenvalue weighted by Gasteiger charge is 2.24. The molecule has 0 unspecified atom stereocenters. The number of nitrogens with two attached hydrogens (primary N) is 1. The summed E-state index contributed by atoms with van der Waals surface area (Å²) in [6.07, 6.45) is 7.46. The van der Waals surface area contributed by atoms with Crippen molar-refractivity contribution in [2.45, 2.75) is 54.4 Å². The van der Waals surface area contributed by atoms with Gasteiger partial charge in [-0.3, -0.25) is 4.79 Å². The van der Waals surface area contributed by atoms with Gasteiger partial charge in [0.15, 0.2) is 0 Å². The summed E-state index contributed by atoms with van der Waals surface area (Å²) >= 11 is 0. The second-order valence-electron chi connectivity index (χ2n) is 7.22. The zero-order chi connectivity index (χ0) is 20.9. The van der Waals surface area contributed by atoms with Crippen molar-refractivity contribution in [3.8, 4) is 0 Å². The van der Waals surface area contributed by atoms with Crippen LogP contribution in [-0.4, -0.2) is 35.5 Å². The summed E-state index contributed by atoms with van der Waals surface area (Å²) in [7, 11) is 0. The van der Waals surface area contributed by atoms with Crippen LogP contribution < -0.4 is 5.73 Å². The summed E-state index contributed by atoms with van der Waals surface area (Å²) in [6, 6.07) is 7.49. The van der Waals surface area contributed by atoms with E-state index in [1.165, 1.54) is 0 Å². The van der Waals surface area contributed by atoms with Gasteiger partial charge in [0.2, 0.25) is 0 Å². The van der Waals surface area contributed by atoms with Crippen LogP contribution in [0.1, 0.15) is 70.3 Å². The Morgan fingerprint density at radius 3 is 2.30 bits per heavy atom. The first-order valence-electron chi connectivity index (χ1n) is 9.92. The summed E-state index contributed by atoms with van der Waals surface area (Å²) < 4.78 is 0. The van der Waals surface area contributed by atoms with E-state index in [-0.39, 0.29) is 17.1 Å². The van der Waals surface area contributed by atoms with E-state index in [0.717, 1.165) is 18.4 Å². The lowest BCUT2D eigenvalue weighted by Crippen LogP contribution is -2.41. The van der Waals surface area contributed by atoms with E-state index in [1.54, 1.807) is 19.1 Å². The molecule has 0 aliphatic carbocycles. The van der Waals surface area contributed by atoms with E-state index >= 15 is 0 Å². The fraction of sp³-hybridized carbons (Fsp3) is 0.522. The van der Waals surface area contributed by atoms with Gasteiger partial charge in [0.1, 0.15) is 0 Å². The van der Waals surface area contributed by atoms with Gasteiger partial charge in [-0.1, -0.05) is 65.3 Å². The molecule has 0 fully saturated rings. The predicted molar refractivity (Wildman–Crippen MR) is 117 cm³/mol. The average molecular weight is 375 g/mol. The normalized spacial score (nSPS) is 11.9. The third kappa shape index (κ3) is 10.00. The maximum absolute atomic E-state index is 12.8. The van der Waals surface area contributed by atoms with Crippen molar-refractivity contribution in [2.24, 2.45) is 11.1 Å². The molecule has 27 heavy (non-hydrogen) atoms. The van der Waals surface area contributed by atoms with Crippen LogP contribution in [0.4, 0.5) is 0 Å². The first-order chi connectivity index (χ1) is 12.8. The minimum Gasteiger partial charge on any atom is -0.513 e. The van der Waals surface area contributed by atoms with Gasteiger partial charge in [-0.25, -0.2) is 0 Å². The standard InChI is InChI=1S/C21H32N2O2.C2H6/c1-5-13-21(3,4)16-23(15-14-22)20(25)19-11-9-18(10-12-19)8-6-7-17(2)24;1-2/h6-12,24H,5,13-16,22H2,1-4H3;1-2H3/b8-6+,17-7-;. The Balaban J connectivity index is 0.00000326. The highest BCUT2D eigenvalue weighted by Crippen LogP contribution is 2.24. The van der Waals surface area contributed by atoms with E-state index in [0.29, 0.717) is 25.2 Å². The van der Waals surface area contributed by atoms with Crippen LogP contribution in [0.5, 0.6) is 0 Å². The van der Waals surface area contributed by atoms with Gasteiger partial charge in [-0.2, -0.15) is 0 Å². The van der Waals surface area contributed by atoms with Crippen LogP contribution in [0.15, 0.2) is 42.2 Å². The van der Waals surface area contributed by atoms with Gasteiger partial charge < -0.3 is 15.7 Å². The molecule has 3 N–H and O–H groups in total. The van der Waals surface area contributed by atoms with Gasteiger partial charge in [0.05, 0.1) is 5.76 Å². The first-order valence-corrected chi connectivity index (χ1v) is 9.92. The molecule has 0 saturated carbocycles. The zero-order valence-electron chi connectivity index (χ0n) is 18.0. The number of nitrogens with zero attached hydrogens (tertiary/aromatic N) is 1. The Kier molecular flexibility index (Phi) is 12.1. The molecule has 152 valence electrons. The lowest BCUT2D eigenvalue weighted by molar-refractivity contribution is 0.0682.